The Labute approximate surface area is 232 Å². The lowest BCUT2D eigenvalue weighted by Crippen LogP contribution is -2.36. The van der Waals surface area contributed by atoms with E-state index in [0.29, 0.717) is 25.7 Å². The summed E-state index contributed by atoms with van der Waals surface area (Å²) >= 11 is 0. The standard InChI is InChI=1S/C27H32F3NO6S.ClH/c28-27(29,30)22-10-12-23(13-11-22)38(35,36)17-18-6-8-20(9-7-18)25(33)14-21(19-4-2-1-3-5-19)16-37-26(34)24(31)15-32;/h1-5,10-13,18,20-21,24,32H,6-9,14-17,31H2;1H/t18?,20?,21-,24+;/m1./s1. The summed E-state index contributed by atoms with van der Waals surface area (Å²) in [6.45, 7) is -0.616. The van der Waals surface area contributed by atoms with Crippen molar-refractivity contribution in [2.75, 3.05) is 19.0 Å². The van der Waals surface area contributed by atoms with Crippen LogP contribution in [-0.2, 0) is 30.3 Å². The summed E-state index contributed by atoms with van der Waals surface area (Å²) in [6.07, 6.45) is -2.39. The van der Waals surface area contributed by atoms with Crippen LogP contribution >= 0.6 is 12.4 Å². The summed E-state index contributed by atoms with van der Waals surface area (Å²) in [7, 11) is -3.77. The summed E-state index contributed by atoms with van der Waals surface area (Å²) in [5.74, 6) is -1.80. The molecule has 3 rings (SSSR count). The van der Waals surface area contributed by atoms with Crippen molar-refractivity contribution in [3.8, 4) is 0 Å². The highest BCUT2D eigenvalue weighted by Gasteiger charge is 2.33. The molecule has 0 heterocycles. The predicted molar refractivity (Wildman–Crippen MR) is 141 cm³/mol. The second kappa shape index (κ2) is 14.2. The van der Waals surface area contributed by atoms with Crippen LogP contribution in [0.25, 0.3) is 0 Å². The maximum atomic E-state index is 13.1. The highest BCUT2D eigenvalue weighted by molar-refractivity contribution is 7.91. The predicted octanol–water partition coefficient (Wildman–Crippen LogP) is 4.31. The van der Waals surface area contributed by atoms with E-state index in [2.05, 4.69) is 0 Å². The van der Waals surface area contributed by atoms with Crippen LogP contribution in [0.2, 0.25) is 0 Å². The summed E-state index contributed by atoms with van der Waals surface area (Å²) in [4.78, 5) is 24.9. The number of Topliss-reactive ketones (excluding diaryl/α,β-unsaturated/α-hetero) is 1. The number of carbonyl (C=O) groups is 2. The Morgan fingerprint density at radius 3 is 2.13 bits per heavy atom. The number of alkyl halides is 3. The molecule has 1 aliphatic carbocycles. The monoisotopic (exact) mass is 591 g/mol. The van der Waals surface area contributed by atoms with Gasteiger partial charge in [0.1, 0.15) is 11.8 Å². The number of esters is 1. The fourth-order valence-electron chi connectivity index (χ4n) is 4.68. The zero-order valence-electron chi connectivity index (χ0n) is 21.2. The number of sulfone groups is 1. The molecule has 1 fully saturated rings. The summed E-state index contributed by atoms with van der Waals surface area (Å²) in [6, 6.07) is 11.5. The minimum Gasteiger partial charge on any atom is -0.464 e. The summed E-state index contributed by atoms with van der Waals surface area (Å²) in [5, 5.41) is 9.04. The lowest BCUT2D eigenvalue weighted by atomic mass is 9.78. The molecule has 2 atom stereocenters. The lowest BCUT2D eigenvalue weighted by molar-refractivity contribution is -0.147. The van der Waals surface area contributed by atoms with Gasteiger partial charge in [-0.05, 0) is 61.4 Å². The molecule has 1 saturated carbocycles. The number of hydrogen-bond acceptors (Lipinski definition) is 7. The molecule has 2 aromatic carbocycles. The smallest absolute Gasteiger partial charge is 0.416 e. The van der Waals surface area contributed by atoms with Gasteiger partial charge in [0.2, 0.25) is 0 Å². The van der Waals surface area contributed by atoms with Crippen molar-refractivity contribution in [1.29, 1.82) is 0 Å². The number of aliphatic hydroxyl groups excluding tert-OH is 1. The third kappa shape index (κ3) is 9.30. The molecular formula is C27H33ClF3NO6S. The van der Waals surface area contributed by atoms with E-state index in [-0.39, 0.29) is 53.7 Å². The van der Waals surface area contributed by atoms with Crippen molar-refractivity contribution in [3.63, 3.8) is 0 Å². The van der Waals surface area contributed by atoms with Crippen molar-refractivity contribution in [3.05, 3.63) is 65.7 Å². The Morgan fingerprint density at radius 1 is 1.00 bits per heavy atom. The van der Waals surface area contributed by atoms with Gasteiger partial charge in [0.15, 0.2) is 9.84 Å². The van der Waals surface area contributed by atoms with E-state index in [1.807, 2.05) is 30.3 Å². The first kappa shape index (κ1) is 32.7. The van der Waals surface area contributed by atoms with Crippen molar-refractivity contribution in [2.24, 2.45) is 17.6 Å². The van der Waals surface area contributed by atoms with E-state index in [9.17, 15) is 31.2 Å². The van der Waals surface area contributed by atoms with Crippen LogP contribution in [0.5, 0.6) is 0 Å². The van der Waals surface area contributed by atoms with Crippen LogP contribution in [0.15, 0.2) is 59.5 Å². The van der Waals surface area contributed by atoms with Gasteiger partial charge in [0.05, 0.1) is 29.4 Å². The number of ether oxygens (including phenoxy) is 1. The van der Waals surface area contributed by atoms with Gasteiger partial charge >= 0.3 is 12.1 Å². The molecule has 0 unspecified atom stereocenters. The Balaban J connectivity index is 0.00000533. The number of halogens is 4. The Bertz CT molecular complexity index is 1180. The van der Waals surface area contributed by atoms with E-state index in [1.165, 1.54) is 0 Å². The first-order valence-corrected chi connectivity index (χ1v) is 14.1. The number of aliphatic hydroxyl groups is 1. The molecular weight excluding hydrogens is 559 g/mol. The van der Waals surface area contributed by atoms with Gasteiger partial charge in [-0.2, -0.15) is 13.2 Å². The largest absolute Gasteiger partial charge is 0.464 e. The molecule has 39 heavy (non-hydrogen) atoms. The van der Waals surface area contributed by atoms with E-state index < -0.39 is 46.1 Å². The van der Waals surface area contributed by atoms with E-state index in [1.54, 1.807) is 0 Å². The molecule has 7 nitrogen and oxygen atoms in total. The van der Waals surface area contributed by atoms with Gasteiger partial charge in [0, 0.05) is 18.3 Å². The van der Waals surface area contributed by atoms with Gasteiger partial charge in [0.25, 0.3) is 0 Å². The molecule has 3 N–H and O–H groups in total. The molecule has 0 bridgehead atoms. The Morgan fingerprint density at radius 2 is 1.59 bits per heavy atom. The molecule has 0 saturated heterocycles. The Hall–Kier alpha value is -2.47. The molecule has 0 aliphatic heterocycles. The van der Waals surface area contributed by atoms with E-state index in [4.69, 9.17) is 15.6 Å². The normalized spacial score (nSPS) is 19.4. The van der Waals surface area contributed by atoms with Crippen LogP contribution in [-0.4, -0.2) is 50.3 Å². The number of ketones is 1. The average molecular weight is 592 g/mol. The fourth-order valence-corrected chi connectivity index (χ4v) is 6.38. The van der Waals surface area contributed by atoms with E-state index >= 15 is 0 Å². The Kier molecular flexibility index (Phi) is 12.0. The fraction of sp³-hybridized carbons (Fsp3) is 0.481. The third-order valence-corrected chi connectivity index (χ3v) is 8.84. The minimum atomic E-state index is -4.54. The number of carbonyl (C=O) groups excluding carboxylic acids is 2. The van der Waals surface area contributed by atoms with Crippen LogP contribution in [0.4, 0.5) is 13.2 Å². The minimum absolute atomic E-state index is 0. The van der Waals surface area contributed by atoms with Crippen molar-refractivity contribution < 1.29 is 41.0 Å². The average Bonchev–Trinajstić information content (AvgIpc) is 2.90. The molecule has 0 aromatic heterocycles. The van der Waals surface area contributed by atoms with Crippen LogP contribution < -0.4 is 5.73 Å². The van der Waals surface area contributed by atoms with Crippen LogP contribution in [0.1, 0.15) is 49.1 Å². The highest BCUT2D eigenvalue weighted by Crippen LogP contribution is 2.35. The number of hydrogen-bond donors (Lipinski definition) is 2. The molecule has 2 aromatic rings. The van der Waals surface area contributed by atoms with Gasteiger partial charge in [-0.25, -0.2) is 8.42 Å². The molecule has 0 spiro atoms. The maximum Gasteiger partial charge on any atom is 0.416 e. The van der Waals surface area contributed by atoms with Crippen molar-refractivity contribution in [2.45, 2.75) is 55.1 Å². The number of rotatable bonds is 11. The first-order valence-electron chi connectivity index (χ1n) is 12.4. The molecule has 1 aliphatic rings. The highest BCUT2D eigenvalue weighted by atomic mass is 35.5. The van der Waals surface area contributed by atoms with Crippen molar-refractivity contribution >= 4 is 34.0 Å². The second-order valence-electron chi connectivity index (χ2n) is 9.72. The topological polar surface area (TPSA) is 124 Å². The number of nitrogens with two attached hydrogens (primary N) is 1. The lowest BCUT2D eigenvalue weighted by Gasteiger charge is -2.28. The van der Waals surface area contributed by atoms with Gasteiger partial charge in [-0.15, -0.1) is 12.4 Å². The zero-order valence-corrected chi connectivity index (χ0v) is 22.8. The molecule has 12 heteroatoms. The zero-order chi connectivity index (χ0) is 27.9. The van der Waals surface area contributed by atoms with Gasteiger partial charge in [-0.3, -0.25) is 9.59 Å². The van der Waals surface area contributed by atoms with Gasteiger partial charge in [-0.1, -0.05) is 30.3 Å². The summed E-state index contributed by atoms with van der Waals surface area (Å²) in [5.41, 5.74) is 5.41. The first-order chi connectivity index (χ1) is 17.9. The van der Waals surface area contributed by atoms with Crippen molar-refractivity contribution in [1.82, 2.24) is 0 Å². The van der Waals surface area contributed by atoms with Crippen LogP contribution in [0.3, 0.4) is 0 Å². The van der Waals surface area contributed by atoms with Gasteiger partial charge < -0.3 is 15.6 Å². The molecule has 0 amide bonds. The van der Waals surface area contributed by atoms with E-state index in [0.717, 1.165) is 29.8 Å². The summed E-state index contributed by atoms with van der Waals surface area (Å²) < 4.78 is 69.1. The quantitative estimate of drug-likeness (QED) is 0.373. The third-order valence-electron chi connectivity index (χ3n) is 6.94. The number of benzene rings is 2. The SMILES string of the molecule is Cl.N[C@@H](CO)C(=O)OC[C@@H](CC(=O)C1CCC(CS(=O)(=O)c2ccc(C(F)(F)F)cc2)CC1)c1ccccc1. The molecule has 216 valence electrons. The van der Waals surface area contributed by atoms with Crippen LogP contribution in [0, 0.1) is 11.8 Å². The molecule has 0 radical (unpaired) electrons. The maximum absolute atomic E-state index is 13.1. The second-order valence-corrected chi connectivity index (χ2v) is 11.8.